The van der Waals surface area contributed by atoms with Crippen LogP contribution in [0.3, 0.4) is 0 Å². The Morgan fingerprint density at radius 1 is 0.903 bits per heavy atom. The number of halogens is 1. The number of aromatic nitrogens is 1. The summed E-state index contributed by atoms with van der Waals surface area (Å²) in [6, 6.07) is 20.3. The van der Waals surface area contributed by atoms with Gasteiger partial charge in [-0.05, 0) is 47.9 Å². The molecule has 0 atom stereocenters. The average molecular weight is 434 g/mol. The number of carbonyl (C=O) groups is 1. The predicted octanol–water partition coefficient (Wildman–Crippen LogP) is 5.90. The first kappa shape index (κ1) is 20.5. The minimum atomic E-state index is -0.277. The van der Waals surface area contributed by atoms with Gasteiger partial charge in [0.05, 0.1) is 24.8 Å². The van der Waals surface area contributed by atoms with Gasteiger partial charge < -0.3 is 20.1 Å². The summed E-state index contributed by atoms with van der Waals surface area (Å²) >= 11 is 6.17. The van der Waals surface area contributed by atoms with E-state index in [1.807, 2.05) is 48.5 Å². The number of pyridine rings is 1. The number of methoxy groups -OCH3 is 2. The second-order valence-corrected chi connectivity index (χ2v) is 7.13. The van der Waals surface area contributed by atoms with Crippen molar-refractivity contribution in [3.05, 3.63) is 83.5 Å². The molecular formula is C24H20ClN3O3. The predicted molar refractivity (Wildman–Crippen MR) is 124 cm³/mol. The number of rotatable bonds is 6. The van der Waals surface area contributed by atoms with E-state index in [4.69, 9.17) is 21.1 Å². The van der Waals surface area contributed by atoms with Gasteiger partial charge in [0.15, 0.2) is 0 Å². The molecule has 3 aromatic carbocycles. The lowest BCUT2D eigenvalue weighted by Gasteiger charge is -2.13. The average Bonchev–Trinajstić information content (AvgIpc) is 2.80. The van der Waals surface area contributed by atoms with Gasteiger partial charge in [0, 0.05) is 23.0 Å². The minimum absolute atomic E-state index is 0.277. The number of hydrogen-bond donors (Lipinski definition) is 2. The van der Waals surface area contributed by atoms with Gasteiger partial charge in [0.1, 0.15) is 17.3 Å². The number of ether oxygens (including phenoxy) is 2. The number of nitrogens with one attached hydrogen (secondary N) is 2. The molecule has 6 nitrogen and oxygen atoms in total. The van der Waals surface area contributed by atoms with Crippen LogP contribution >= 0.6 is 11.6 Å². The zero-order chi connectivity index (χ0) is 21.8. The number of nitrogens with zero attached hydrogens (tertiary/aromatic N) is 1. The third kappa shape index (κ3) is 4.39. The Hall–Kier alpha value is -3.77. The quantitative estimate of drug-likeness (QED) is 0.396. The van der Waals surface area contributed by atoms with Crippen LogP contribution in [0, 0.1) is 0 Å². The van der Waals surface area contributed by atoms with Crippen LogP contribution < -0.4 is 20.1 Å². The van der Waals surface area contributed by atoms with Crippen molar-refractivity contribution >= 4 is 45.5 Å². The van der Waals surface area contributed by atoms with Crippen molar-refractivity contribution in [2.75, 3.05) is 24.9 Å². The summed E-state index contributed by atoms with van der Waals surface area (Å²) in [5.41, 5.74) is 1.90. The van der Waals surface area contributed by atoms with E-state index in [0.29, 0.717) is 27.8 Å². The summed E-state index contributed by atoms with van der Waals surface area (Å²) in [7, 11) is 3.17. The second kappa shape index (κ2) is 8.93. The number of fused-ring (bicyclic) bond motifs is 1. The van der Waals surface area contributed by atoms with Gasteiger partial charge in [0.2, 0.25) is 0 Å². The Morgan fingerprint density at radius 2 is 1.61 bits per heavy atom. The molecular weight excluding hydrogens is 414 g/mol. The molecule has 0 bridgehead atoms. The van der Waals surface area contributed by atoms with E-state index in [-0.39, 0.29) is 5.91 Å². The Bertz CT molecular complexity index is 1240. The van der Waals surface area contributed by atoms with E-state index in [1.54, 1.807) is 38.6 Å². The van der Waals surface area contributed by atoms with Gasteiger partial charge in [0.25, 0.3) is 5.91 Å². The fraction of sp³-hybridized carbons (Fsp3) is 0.0833. The van der Waals surface area contributed by atoms with E-state index in [9.17, 15) is 4.79 Å². The van der Waals surface area contributed by atoms with Crippen LogP contribution in [0.15, 0.2) is 72.9 Å². The molecule has 0 aliphatic carbocycles. The van der Waals surface area contributed by atoms with Crippen LogP contribution in [0.5, 0.6) is 11.5 Å². The van der Waals surface area contributed by atoms with Crippen LogP contribution in [0.25, 0.3) is 10.8 Å². The maximum Gasteiger partial charge on any atom is 0.257 e. The van der Waals surface area contributed by atoms with E-state index in [0.717, 1.165) is 22.2 Å². The van der Waals surface area contributed by atoms with Crippen LogP contribution in [-0.2, 0) is 0 Å². The number of benzene rings is 3. The van der Waals surface area contributed by atoms with Gasteiger partial charge in [-0.1, -0.05) is 35.9 Å². The third-order valence-electron chi connectivity index (χ3n) is 4.80. The smallest absolute Gasteiger partial charge is 0.257 e. The molecule has 0 fully saturated rings. The Balaban J connectivity index is 1.64. The molecule has 1 amide bonds. The summed E-state index contributed by atoms with van der Waals surface area (Å²) in [4.78, 5) is 17.5. The summed E-state index contributed by atoms with van der Waals surface area (Å²) in [5, 5.41) is 8.21. The molecule has 0 aliphatic rings. The molecule has 0 saturated carbocycles. The molecule has 0 spiro atoms. The van der Waals surface area contributed by atoms with Crippen LogP contribution in [0.2, 0.25) is 5.02 Å². The Labute approximate surface area is 184 Å². The SMILES string of the molecule is COc1ccc(Nc2ncc(C(=O)Nc3ccc(OC)c(Cl)c3)c3ccccc23)cc1. The zero-order valence-electron chi connectivity index (χ0n) is 17.0. The lowest BCUT2D eigenvalue weighted by molar-refractivity contribution is 0.102. The van der Waals surface area contributed by atoms with Gasteiger partial charge in [-0.2, -0.15) is 0 Å². The first-order chi connectivity index (χ1) is 15.1. The molecule has 156 valence electrons. The molecule has 0 radical (unpaired) electrons. The fourth-order valence-electron chi connectivity index (χ4n) is 3.23. The van der Waals surface area contributed by atoms with Crippen LogP contribution in [-0.4, -0.2) is 25.1 Å². The zero-order valence-corrected chi connectivity index (χ0v) is 17.7. The van der Waals surface area contributed by atoms with Gasteiger partial charge >= 0.3 is 0 Å². The third-order valence-corrected chi connectivity index (χ3v) is 5.10. The number of carbonyl (C=O) groups excluding carboxylic acids is 1. The van der Waals surface area contributed by atoms with E-state index < -0.39 is 0 Å². The van der Waals surface area contributed by atoms with Crippen molar-refractivity contribution in [1.82, 2.24) is 4.98 Å². The molecule has 1 aromatic heterocycles. The highest BCUT2D eigenvalue weighted by Gasteiger charge is 2.15. The first-order valence-corrected chi connectivity index (χ1v) is 9.90. The molecule has 0 aliphatic heterocycles. The Morgan fingerprint density at radius 3 is 2.29 bits per heavy atom. The number of anilines is 3. The van der Waals surface area contributed by atoms with Gasteiger partial charge in [-0.15, -0.1) is 0 Å². The lowest BCUT2D eigenvalue weighted by atomic mass is 10.1. The summed E-state index contributed by atoms with van der Waals surface area (Å²) in [6.45, 7) is 0. The summed E-state index contributed by atoms with van der Waals surface area (Å²) in [6.07, 6.45) is 1.56. The standard InChI is InChI=1S/C24H20ClN3O3/c1-30-17-10-7-15(8-11-17)27-23-19-6-4-3-5-18(19)20(14-26-23)24(29)28-16-9-12-22(31-2)21(25)13-16/h3-14H,1-2H3,(H,26,27)(H,28,29). The van der Waals surface area contributed by atoms with Crippen molar-refractivity contribution in [3.63, 3.8) is 0 Å². The largest absolute Gasteiger partial charge is 0.497 e. The highest BCUT2D eigenvalue weighted by atomic mass is 35.5. The molecule has 1 heterocycles. The first-order valence-electron chi connectivity index (χ1n) is 9.53. The van der Waals surface area contributed by atoms with E-state index >= 15 is 0 Å². The summed E-state index contributed by atoms with van der Waals surface area (Å²) < 4.78 is 10.4. The molecule has 4 aromatic rings. The maximum absolute atomic E-state index is 13.0. The topological polar surface area (TPSA) is 72.5 Å². The molecule has 4 rings (SSSR count). The van der Waals surface area contributed by atoms with Crippen molar-refractivity contribution in [1.29, 1.82) is 0 Å². The van der Waals surface area contributed by atoms with Crippen molar-refractivity contribution < 1.29 is 14.3 Å². The molecule has 0 saturated heterocycles. The van der Waals surface area contributed by atoms with Gasteiger partial charge in [-0.25, -0.2) is 4.98 Å². The molecule has 2 N–H and O–H groups in total. The van der Waals surface area contributed by atoms with Crippen LogP contribution in [0.4, 0.5) is 17.2 Å². The number of amides is 1. The summed E-state index contributed by atoms with van der Waals surface area (Å²) in [5.74, 6) is 1.69. The molecule has 7 heteroatoms. The normalized spacial score (nSPS) is 10.5. The minimum Gasteiger partial charge on any atom is -0.497 e. The Kier molecular flexibility index (Phi) is 5.91. The molecule has 0 unspecified atom stereocenters. The highest BCUT2D eigenvalue weighted by Crippen LogP contribution is 2.30. The van der Waals surface area contributed by atoms with E-state index in [2.05, 4.69) is 15.6 Å². The number of hydrogen-bond acceptors (Lipinski definition) is 5. The lowest BCUT2D eigenvalue weighted by Crippen LogP contribution is -2.13. The molecule has 31 heavy (non-hydrogen) atoms. The van der Waals surface area contributed by atoms with Crippen LogP contribution in [0.1, 0.15) is 10.4 Å². The highest BCUT2D eigenvalue weighted by molar-refractivity contribution is 6.32. The maximum atomic E-state index is 13.0. The van der Waals surface area contributed by atoms with Crippen molar-refractivity contribution in [2.45, 2.75) is 0 Å². The fourth-order valence-corrected chi connectivity index (χ4v) is 3.48. The van der Waals surface area contributed by atoms with Gasteiger partial charge in [-0.3, -0.25) is 4.79 Å². The van der Waals surface area contributed by atoms with Crippen molar-refractivity contribution in [3.8, 4) is 11.5 Å². The monoisotopic (exact) mass is 433 g/mol. The van der Waals surface area contributed by atoms with Crippen molar-refractivity contribution in [2.24, 2.45) is 0 Å². The second-order valence-electron chi connectivity index (χ2n) is 6.72. The van der Waals surface area contributed by atoms with E-state index in [1.165, 1.54) is 0 Å².